The van der Waals surface area contributed by atoms with Crippen molar-refractivity contribution >= 4 is 39.5 Å². The van der Waals surface area contributed by atoms with Crippen LogP contribution in [0.2, 0.25) is 0 Å². The number of unbranched alkanes of at least 4 members (excludes halogenated alkanes) is 43. The monoisotopic (exact) mass is 1450 g/mol. The van der Waals surface area contributed by atoms with Crippen molar-refractivity contribution in [3.8, 4) is 0 Å². The Balaban J connectivity index is 5.22. The molecule has 0 saturated carbocycles. The maximum atomic E-state index is 13.1. The molecule has 0 heterocycles. The topological polar surface area (TPSA) is 237 Å². The van der Waals surface area contributed by atoms with Crippen molar-refractivity contribution in [2.45, 2.75) is 427 Å². The van der Waals surface area contributed by atoms with Crippen LogP contribution >= 0.6 is 15.6 Å². The predicted octanol–water partition coefficient (Wildman–Crippen LogP) is 23.6. The Kier molecular flexibility index (Phi) is 67.8. The molecule has 0 bridgehead atoms. The highest BCUT2D eigenvalue weighted by atomic mass is 31.2. The normalized spacial score (nSPS) is 14.1. The number of hydrogen-bond donors (Lipinski definition) is 3. The zero-order chi connectivity index (χ0) is 73.1. The van der Waals surface area contributed by atoms with Gasteiger partial charge in [0.2, 0.25) is 0 Å². The first-order valence-corrected chi connectivity index (χ1v) is 44.2. The van der Waals surface area contributed by atoms with Gasteiger partial charge < -0.3 is 33.8 Å². The average Bonchev–Trinajstić information content (AvgIpc) is 1.07. The van der Waals surface area contributed by atoms with Gasteiger partial charge in [-0.05, 0) is 49.4 Å². The number of phosphoric acid groups is 2. The largest absolute Gasteiger partial charge is 0.472 e. The van der Waals surface area contributed by atoms with Crippen molar-refractivity contribution in [2.24, 2.45) is 23.7 Å². The summed E-state index contributed by atoms with van der Waals surface area (Å²) >= 11 is 0. The Morgan fingerprint density at radius 3 is 0.626 bits per heavy atom. The standard InChI is InChI=1S/C80H156O17P2/c1-70(2)56-48-40-32-26-20-15-11-9-13-17-23-30-36-46-54-62-79(84)96-75(66-90-77(82)60-52-44-35-29-25-19-22-28-34-42-50-58-72(5)6)68-94-98(86,87)92-64-74(81)65-93-99(88,89)95-69-76(67-91-78(83)61-53-45-39-38-43-51-59-73(7)8)97-80(85)63-55-47-37-31-24-18-14-10-12-16-21-27-33-41-49-57-71(3)4/h70-76,81H,9-69H2,1-8H3,(H,86,87)(H,88,89)/t74?,75-,76-/m1/s1. The van der Waals surface area contributed by atoms with Crippen molar-refractivity contribution in [1.29, 1.82) is 0 Å². The molecule has 0 radical (unpaired) electrons. The molecular weight excluding hydrogens is 1290 g/mol. The van der Waals surface area contributed by atoms with Gasteiger partial charge in [0, 0.05) is 25.7 Å². The molecule has 19 heteroatoms. The minimum atomic E-state index is -4.96. The smallest absolute Gasteiger partial charge is 0.462 e. The quantitative estimate of drug-likeness (QED) is 0.0222. The highest BCUT2D eigenvalue weighted by Crippen LogP contribution is 2.45. The molecule has 17 nitrogen and oxygen atoms in total. The number of carbonyl (C=O) groups is 4. The maximum absolute atomic E-state index is 13.1. The molecule has 0 saturated heterocycles. The van der Waals surface area contributed by atoms with Crippen molar-refractivity contribution in [2.75, 3.05) is 39.6 Å². The van der Waals surface area contributed by atoms with Crippen LogP contribution in [0.3, 0.4) is 0 Å². The molecule has 0 aliphatic carbocycles. The van der Waals surface area contributed by atoms with E-state index in [1.165, 1.54) is 205 Å². The molecule has 5 atom stereocenters. The number of esters is 4. The van der Waals surface area contributed by atoms with E-state index in [9.17, 15) is 43.2 Å². The van der Waals surface area contributed by atoms with Crippen LogP contribution in [0.1, 0.15) is 409 Å². The second kappa shape index (κ2) is 69.1. The molecule has 0 aromatic heterocycles. The van der Waals surface area contributed by atoms with Crippen LogP contribution in [-0.4, -0.2) is 96.7 Å². The molecular formula is C80H156O17P2. The molecule has 0 aromatic carbocycles. The van der Waals surface area contributed by atoms with Gasteiger partial charge in [0.25, 0.3) is 0 Å². The number of rotatable bonds is 77. The summed E-state index contributed by atoms with van der Waals surface area (Å²) in [6.45, 7) is 14.2. The molecule has 0 fully saturated rings. The number of carbonyl (C=O) groups excluding carboxylic acids is 4. The van der Waals surface area contributed by atoms with Gasteiger partial charge >= 0.3 is 39.5 Å². The summed E-state index contributed by atoms with van der Waals surface area (Å²) in [5.41, 5.74) is 0. The highest BCUT2D eigenvalue weighted by Gasteiger charge is 2.30. The zero-order valence-electron chi connectivity index (χ0n) is 65.1. The van der Waals surface area contributed by atoms with Gasteiger partial charge in [-0.15, -0.1) is 0 Å². The first kappa shape index (κ1) is 97.1. The molecule has 0 spiro atoms. The summed E-state index contributed by atoms with van der Waals surface area (Å²) in [5, 5.41) is 10.6. The zero-order valence-corrected chi connectivity index (χ0v) is 66.9. The lowest BCUT2D eigenvalue weighted by atomic mass is 10.0. The Labute approximate surface area is 607 Å². The molecule has 0 amide bonds. The third kappa shape index (κ3) is 74.1. The van der Waals surface area contributed by atoms with Crippen molar-refractivity contribution in [3.05, 3.63) is 0 Å². The molecule has 0 aliphatic rings. The first-order valence-electron chi connectivity index (χ1n) is 41.2. The van der Waals surface area contributed by atoms with Crippen LogP contribution in [0.5, 0.6) is 0 Å². The van der Waals surface area contributed by atoms with E-state index < -0.39 is 97.5 Å². The van der Waals surface area contributed by atoms with Gasteiger partial charge in [-0.1, -0.05) is 357 Å². The molecule has 0 rings (SSSR count). The Morgan fingerprint density at radius 2 is 0.424 bits per heavy atom. The fourth-order valence-corrected chi connectivity index (χ4v) is 13.8. The molecule has 0 aromatic rings. The Morgan fingerprint density at radius 1 is 0.253 bits per heavy atom. The van der Waals surface area contributed by atoms with E-state index in [1.807, 2.05) is 0 Å². The minimum Gasteiger partial charge on any atom is -0.462 e. The van der Waals surface area contributed by atoms with Gasteiger partial charge in [0.05, 0.1) is 26.4 Å². The van der Waals surface area contributed by atoms with E-state index in [4.69, 9.17) is 37.0 Å². The number of ether oxygens (including phenoxy) is 4. The summed E-state index contributed by atoms with van der Waals surface area (Å²) in [7, 11) is -9.92. The van der Waals surface area contributed by atoms with Gasteiger partial charge in [0.1, 0.15) is 19.3 Å². The number of aliphatic hydroxyl groups excluding tert-OH is 1. The van der Waals surface area contributed by atoms with Crippen LogP contribution < -0.4 is 0 Å². The van der Waals surface area contributed by atoms with Gasteiger partial charge in [-0.2, -0.15) is 0 Å². The fourth-order valence-electron chi connectivity index (χ4n) is 12.3. The van der Waals surface area contributed by atoms with Crippen molar-refractivity contribution < 1.29 is 80.2 Å². The average molecular weight is 1450 g/mol. The van der Waals surface area contributed by atoms with E-state index in [2.05, 4.69) is 55.4 Å². The van der Waals surface area contributed by atoms with Crippen LogP contribution in [0, 0.1) is 23.7 Å². The van der Waals surface area contributed by atoms with Crippen molar-refractivity contribution in [3.63, 3.8) is 0 Å². The molecule has 3 N–H and O–H groups in total. The maximum Gasteiger partial charge on any atom is 0.472 e. The van der Waals surface area contributed by atoms with Crippen LogP contribution in [0.25, 0.3) is 0 Å². The lowest BCUT2D eigenvalue weighted by Gasteiger charge is -2.21. The minimum absolute atomic E-state index is 0.106. The molecule has 0 aliphatic heterocycles. The van der Waals surface area contributed by atoms with Crippen LogP contribution in [-0.2, 0) is 65.4 Å². The van der Waals surface area contributed by atoms with E-state index in [-0.39, 0.29) is 25.7 Å². The van der Waals surface area contributed by atoms with Crippen LogP contribution in [0.15, 0.2) is 0 Å². The van der Waals surface area contributed by atoms with Gasteiger partial charge in [0.15, 0.2) is 12.2 Å². The predicted molar refractivity (Wildman–Crippen MR) is 404 cm³/mol. The summed E-state index contributed by atoms with van der Waals surface area (Å²) in [6, 6.07) is 0. The van der Waals surface area contributed by atoms with E-state index in [1.54, 1.807) is 0 Å². The lowest BCUT2D eigenvalue weighted by molar-refractivity contribution is -0.161. The number of phosphoric ester groups is 2. The second-order valence-electron chi connectivity index (χ2n) is 30.7. The van der Waals surface area contributed by atoms with Gasteiger partial charge in [-0.25, -0.2) is 9.13 Å². The van der Waals surface area contributed by atoms with Crippen LogP contribution in [0.4, 0.5) is 0 Å². The second-order valence-corrected chi connectivity index (χ2v) is 33.6. The number of aliphatic hydroxyl groups is 1. The van der Waals surface area contributed by atoms with Crippen molar-refractivity contribution in [1.82, 2.24) is 0 Å². The van der Waals surface area contributed by atoms with E-state index in [0.717, 1.165) is 114 Å². The summed E-state index contributed by atoms with van der Waals surface area (Å²) in [5.74, 6) is 0.939. The molecule has 99 heavy (non-hydrogen) atoms. The van der Waals surface area contributed by atoms with E-state index >= 15 is 0 Å². The summed E-state index contributed by atoms with van der Waals surface area (Å²) in [6.07, 6.45) is 55.6. The fraction of sp³-hybridized carbons (Fsp3) is 0.950. The number of hydrogen-bond acceptors (Lipinski definition) is 15. The SMILES string of the molecule is CC(C)CCCCCCCCCCCCCCCCCC(=O)O[C@H](COC(=O)CCCCCCCCCCCCCC(C)C)COP(=O)(O)OCC(O)COP(=O)(O)OC[C@@H](COC(=O)CCCCCCCCC(C)C)OC(=O)CCCCCCCCCCCCCCCCCC(C)C. The Bertz CT molecular complexity index is 1940. The van der Waals surface area contributed by atoms with Gasteiger partial charge in [-0.3, -0.25) is 37.3 Å². The summed E-state index contributed by atoms with van der Waals surface area (Å²) in [4.78, 5) is 72.9. The van der Waals surface area contributed by atoms with E-state index in [0.29, 0.717) is 31.6 Å². The third-order valence-electron chi connectivity index (χ3n) is 18.6. The molecule has 588 valence electrons. The summed E-state index contributed by atoms with van der Waals surface area (Å²) < 4.78 is 68.7. The molecule has 3 unspecified atom stereocenters. The Hall–Kier alpha value is -1.94. The third-order valence-corrected chi connectivity index (χ3v) is 20.5. The first-order chi connectivity index (χ1) is 47.6. The highest BCUT2D eigenvalue weighted by molar-refractivity contribution is 7.47. The lowest BCUT2D eigenvalue weighted by Crippen LogP contribution is -2.30.